The van der Waals surface area contributed by atoms with E-state index >= 15 is 0 Å². The Hall–Kier alpha value is -1.26. The second-order valence-electron chi connectivity index (χ2n) is 5.09. The molecule has 0 saturated heterocycles. The molecule has 0 atom stereocenters. The number of hydrogen-bond acceptors (Lipinski definition) is 2. The Kier molecular flexibility index (Phi) is 5.95. The molecule has 5 nitrogen and oxygen atoms in total. The van der Waals surface area contributed by atoms with Gasteiger partial charge >= 0.3 is 12.0 Å². The van der Waals surface area contributed by atoms with Gasteiger partial charge in [-0.15, -0.1) is 0 Å². The van der Waals surface area contributed by atoms with Crippen molar-refractivity contribution in [2.45, 2.75) is 39.5 Å². The van der Waals surface area contributed by atoms with E-state index in [1.807, 2.05) is 0 Å². The topological polar surface area (TPSA) is 69.6 Å². The average molecular weight is 256 g/mol. The Balaban J connectivity index is 2.39. The van der Waals surface area contributed by atoms with E-state index in [4.69, 9.17) is 5.11 Å². The Bertz CT molecular complexity index is 286. The third-order valence-corrected chi connectivity index (χ3v) is 3.49. The Morgan fingerprint density at radius 2 is 1.94 bits per heavy atom. The predicted octanol–water partition coefficient (Wildman–Crippen LogP) is 1.93. The summed E-state index contributed by atoms with van der Waals surface area (Å²) in [5.74, 6) is 0.0260. The first-order valence-corrected chi connectivity index (χ1v) is 6.81. The highest BCUT2D eigenvalue weighted by Gasteiger charge is 2.27. The molecule has 0 radical (unpaired) electrons. The average Bonchev–Trinajstić information content (AvgIpc) is 3.12. The van der Waals surface area contributed by atoms with E-state index in [0.29, 0.717) is 24.9 Å². The molecule has 1 saturated carbocycles. The lowest BCUT2D eigenvalue weighted by Gasteiger charge is -2.22. The van der Waals surface area contributed by atoms with Crippen molar-refractivity contribution in [1.82, 2.24) is 10.2 Å². The summed E-state index contributed by atoms with van der Waals surface area (Å²) in [6.07, 6.45) is 4.27. The van der Waals surface area contributed by atoms with Crippen molar-refractivity contribution in [2.75, 3.05) is 19.6 Å². The number of nitrogens with one attached hydrogen (secondary N) is 1. The van der Waals surface area contributed by atoms with Gasteiger partial charge in [0.15, 0.2) is 0 Å². The van der Waals surface area contributed by atoms with Crippen LogP contribution in [0.2, 0.25) is 0 Å². The van der Waals surface area contributed by atoms with Gasteiger partial charge in [-0.25, -0.2) is 4.79 Å². The maximum Gasteiger partial charge on any atom is 0.323 e. The molecule has 1 aliphatic carbocycles. The van der Waals surface area contributed by atoms with Crippen molar-refractivity contribution in [2.24, 2.45) is 11.8 Å². The molecule has 1 rings (SSSR count). The molecule has 2 amide bonds. The molecule has 18 heavy (non-hydrogen) atoms. The third kappa shape index (κ3) is 5.38. The number of aliphatic carboxylic acids is 1. The summed E-state index contributed by atoms with van der Waals surface area (Å²) in [6.45, 7) is 5.19. The van der Waals surface area contributed by atoms with Gasteiger partial charge in [-0.1, -0.05) is 26.7 Å². The summed E-state index contributed by atoms with van der Waals surface area (Å²) >= 11 is 0. The number of carboxylic acids is 1. The molecular formula is C13H24N2O3. The Labute approximate surface area is 109 Å². The molecule has 2 N–H and O–H groups in total. The monoisotopic (exact) mass is 256 g/mol. The Morgan fingerprint density at radius 1 is 1.33 bits per heavy atom. The van der Waals surface area contributed by atoms with Crippen LogP contribution < -0.4 is 5.32 Å². The second kappa shape index (κ2) is 7.24. The number of urea groups is 1. The summed E-state index contributed by atoms with van der Waals surface area (Å²) in [5.41, 5.74) is 0. The van der Waals surface area contributed by atoms with Crippen molar-refractivity contribution in [3.63, 3.8) is 0 Å². The first-order valence-electron chi connectivity index (χ1n) is 6.81. The van der Waals surface area contributed by atoms with E-state index in [1.165, 1.54) is 4.90 Å². The standard InChI is InChI=1S/C13H24N2O3/c1-3-10(4-2)7-14-13(18)15(9-12(16)17)8-11-5-6-11/h10-11H,3-9H2,1-2H3,(H,14,18)(H,16,17). The van der Waals surface area contributed by atoms with Crippen molar-refractivity contribution in [3.8, 4) is 0 Å². The molecular weight excluding hydrogens is 232 g/mol. The highest BCUT2D eigenvalue weighted by molar-refractivity contribution is 5.80. The van der Waals surface area contributed by atoms with Crippen LogP contribution in [0.25, 0.3) is 0 Å². The molecule has 5 heteroatoms. The van der Waals surface area contributed by atoms with Crippen molar-refractivity contribution < 1.29 is 14.7 Å². The molecule has 1 aliphatic rings. The van der Waals surface area contributed by atoms with Crippen LogP contribution >= 0.6 is 0 Å². The SMILES string of the molecule is CCC(CC)CNC(=O)N(CC(=O)O)CC1CC1. The summed E-state index contributed by atoms with van der Waals surface area (Å²) in [4.78, 5) is 24.1. The fraction of sp³-hybridized carbons (Fsp3) is 0.846. The zero-order valence-electron chi connectivity index (χ0n) is 11.3. The summed E-state index contributed by atoms with van der Waals surface area (Å²) in [6, 6.07) is -0.240. The van der Waals surface area contributed by atoms with Gasteiger partial charge in [0, 0.05) is 13.1 Å². The number of amides is 2. The van der Waals surface area contributed by atoms with Crippen LogP contribution in [0.3, 0.4) is 0 Å². The van der Waals surface area contributed by atoms with Gasteiger partial charge in [-0.3, -0.25) is 4.79 Å². The first kappa shape index (κ1) is 14.8. The highest BCUT2D eigenvalue weighted by Crippen LogP contribution is 2.29. The van der Waals surface area contributed by atoms with Crippen LogP contribution in [0.1, 0.15) is 39.5 Å². The van der Waals surface area contributed by atoms with Crippen LogP contribution in [-0.4, -0.2) is 41.6 Å². The summed E-state index contributed by atoms with van der Waals surface area (Å²) < 4.78 is 0. The van der Waals surface area contributed by atoms with Crippen LogP contribution in [-0.2, 0) is 4.79 Å². The van der Waals surface area contributed by atoms with Crippen LogP contribution in [0, 0.1) is 11.8 Å². The summed E-state index contributed by atoms with van der Waals surface area (Å²) in [7, 11) is 0. The molecule has 1 fully saturated rings. The molecule has 104 valence electrons. The minimum atomic E-state index is -0.951. The van der Waals surface area contributed by atoms with Gasteiger partial charge in [0.2, 0.25) is 0 Å². The van der Waals surface area contributed by atoms with Crippen LogP contribution in [0.15, 0.2) is 0 Å². The lowest BCUT2D eigenvalue weighted by Crippen LogP contribution is -2.45. The van der Waals surface area contributed by atoms with Crippen molar-refractivity contribution in [1.29, 1.82) is 0 Å². The molecule has 0 bridgehead atoms. The zero-order chi connectivity index (χ0) is 13.5. The molecule has 0 heterocycles. The van der Waals surface area contributed by atoms with E-state index < -0.39 is 5.97 Å². The van der Waals surface area contributed by atoms with Crippen LogP contribution in [0.4, 0.5) is 4.79 Å². The minimum absolute atomic E-state index is 0.203. The lowest BCUT2D eigenvalue weighted by molar-refractivity contribution is -0.137. The minimum Gasteiger partial charge on any atom is -0.480 e. The summed E-state index contributed by atoms with van der Waals surface area (Å²) in [5, 5.41) is 11.7. The molecule has 0 aromatic carbocycles. The fourth-order valence-electron chi connectivity index (χ4n) is 1.92. The smallest absolute Gasteiger partial charge is 0.323 e. The fourth-order valence-corrected chi connectivity index (χ4v) is 1.92. The maximum atomic E-state index is 11.9. The van der Waals surface area contributed by atoms with Gasteiger partial charge in [0.05, 0.1) is 0 Å². The largest absolute Gasteiger partial charge is 0.480 e. The van der Waals surface area contributed by atoms with Gasteiger partial charge in [-0.2, -0.15) is 0 Å². The van der Waals surface area contributed by atoms with Crippen LogP contribution in [0.5, 0.6) is 0 Å². The molecule has 0 aromatic heterocycles. The number of carbonyl (C=O) groups is 2. The molecule has 0 aliphatic heterocycles. The normalized spacial score (nSPS) is 14.6. The predicted molar refractivity (Wildman–Crippen MR) is 69.4 cm³/mol. The number of carboxylic acid groups (broad SMARTS) is 1. The van der Waals surface area contributed by atoms with E-state index in [9.17, 15) is 9.59 Å². The van der Waals surface area contributed by atoms with Crippen molar-refractivity contribution in [3.05, 3.63) is 0 Å². The van der Waals surface area contributed by atoms with Gasteiger partial charge in [0.1, 0.15) is 6.54 Å². The van der Waals surface area contributed by atoms with E-state index in [1.54, 1.807) is 0 Å². The quantitative estimate of drug-likeness (QED) is 0.697. The molecule has 0 unspecified atom stereocenters. The highest BCUT2D eigenvalue weighted by atomic mass is 16.4. The van der Waals surface area contributed by atoms with Crippen molar-refractivity contribution >= 4 is 12.0 Å². The number of hydrogen-bond donors (Lipinski definition) is 2. The van der Waals surface area contributed by atoms with Gasteiger partial charge in [-0.05, 0) is 24.7 Å². The Morgan fingerprint density at radius 3 is 2.39 bits per heavy atom. The van der Waals surface area contributed by atoms with E-state index in [0.717, 1.165) is 25.7 Å². The first-order chi connectivity index (χ1) is 8.56. The van der Waals surface area contributed by atoms with Gasteiger partial charge < -0.3 is 15.3 Å². The number of rotatable bonds is 8. The van der Waals surface area contributed by atoms with E-state index in [2.05, 4.69) is 19.2 Å². The third-order valence-electron chi connectivity index (χ3n) is 3.49. The maximum absolute atomic E-state index is 11.9. The second-order valence-corrected chi connectivity index (χ2v) is 5.09. The molecule has 0 aromatic rings. The lowest BCUT2D eigenvalue weighted by atomic mass is 10.0. The van der Waals surface area contributed by atoms with Gasteiger partial charge in [0.25, 0.3) is 0 Å². The number of nitrogens with zero attached hydrogens (tertiary/aromatic N) is 1. The van der Waals surface area contributed by atoms with E-state index in [-0.39, 0.29) is 12.6 Å². The molecule has 0 spiro atoms. The number of carbonyl (C=O) groups excluding carboxylic acids is 1. The zero-order valence-corrected chi connectivity index (χ0v) is 11.3.